The molecule has 0 amide bonds. The Kier molecular flexibility index (Phi) is 4.22. The maximum Gasteiger partial charge on any atom is 0.231 e. The van der Waals surface area contributed by atoms with Crippen molar-refractivity contribution in [3.05, 3.63) is 53.9 Å². The van der Waals surface area contributed by atoms with E-state index in [0.717, 1.165) is 50.6 Å². The van der Waals surface area contributed by atoms with E-state index < -0.39 is 0 Å². The molecule has 0 saturated heterocycles. The number of H-pyrrole nitrogens is 1. The van der Waals surface area contributed by atoms with Crippen molar-refractivity contribution < 1.29 is 9.47 Å². The van der Waals surface area contributed by atoms with E-state index in [2.05, 4.69) is 34.6 Å². The van der Waals surface area contributed by atoms with Crippen LogP contribution in [0.1, 0.15) is 49.4 Å². The Balaban J connectivity index is 1.40. The van der Waals surface area contributed by atoms with Gasteiger partial charge in [0.25, 0.3) is 0 Å². The molecule has 30 heavy (non-hydrogen) atoms. The van der Waals surface area contributed by atoms with Gasteiger partial charge in [-0.2, -0.15) is 0 Å². The molecule has 152 valence electrons. The van der Waals surface area contributed by atoms with Gasteiger partial charge in [-0.3, -0.25) is 0 Å². The molecule has 6 heteroatoms. The Morgan fingerprint density at radius 3 is 2.77 bits per heavy atom. The van der Waals surface area contributed by atoms with Gasteiger partial charge in [-0.1, -0.05) is 43.5 Å². The number of ether oxygens (including phenoxy) is 2. The van der Waals surface area contributed by atoms with Crippen molar-refractivity contribution in [2.45, 2.75) is 44.6 Å². The van der Waals surface area contributed by atoms with Gasteiger partial charge in [0.2, 0.25) is 6.79 Å². The highest BCUT2D eigenvalue weighted by atomic mass is 16.7. The summed E-state index contributed by atoms with van der Waals surface area (Å²) in [7, 11) is 0. The van der Waals surface area contributed by atoms with Crippen LogP contribution in [0.2, 0.25) is 0 Å². The van der Waals surface area contributed by atoms with Crippen molar-refractivity contribution in [2.75, 3.05) is 12.1 Å². The second kappa shape index (κ2) is 7.20. The fourth-order valence-electron chi connectivity index (χ4n) is 4.67. The molecular formula is C24H24N4O2. The molecule has 2 aliphatic rings. The second-order valence-electron chi connectivity index (χ2n) is 8.20. The maximum atomic E-state index is 5.52. The third-order valence-electron chi connectivity index (χ3n) is 6.24. The Labute approximate surface area is 174 Å². The predicted molar refractivity (Wildman–Crippen MR) is 117 cm³/mol. The molecule has 2 aromatic heterocycles. The van der Waals surface area contributed by atoms with Gasteiger partial charge in [-0.05, 0) is 36.6 Å². The minimum absolute atomic E-state index is 0.291. The standard InChI is InChI=1S/C24H24N4O2/c1-2-6-16(7-3-1)22-27-23(21-17-8-4-5-9-18(17)26-24(21)28-22)25-13-15-10-11-19-20(12-15)30-14-29-19/h4-5,8-12,16H,1-3,6-7,13-14H2,(H2,25,26,27,28). The van der Waals surface area contributed by atoms with Crippen LogP contribution in [0.15, 0.2) is 42.5 Å². The van der Waals surface area contributed by atoms with Crippen molar-refractivity contribution in [2.24, 2.45) is 0 Å². The van der Waals surface area contributed by atoms with Gasteiger partial charge in [0.1, 0.15) is 17.3 Å². The first-order valence-corrected chi connectivity index (χ1v) is 10.8. The molecule has 2 N–H and O–H groups in total. The normalized spacial score (nSPS) is 16.4. The molecule has 0 radical (unpaired) electrons. The van der Waals surface area contributed by atoms with Gasteiger partial charge >= 0.3 is 0 Å². The summed E-state index contributed by atoms with van der Waals surface area (Å²) in [5, 5.41) is 5.80. The number of benzene rings is 2. The average Bonchev–Trinajstić information content (AvgIpc) is 3.41. The van der Waals surface area contributed by atoms with Gasteiger partial charge in [0.15, 0.2) is 11.5 Å². The Hall–Kier alpha value is -3.28. The number of aromatic amines is 1. The minimum atomic E-state index is 0.291. The van der Waals surface area contributed by atoms with Crippen LogP contribution < -0.4 is 14.8 Å². The highest BCUT2D eigenvalue weighted by Crippen LogP contribution is 2.36. The number of rotatable bonds is 4. The van der Waals surface area contributed by atoms with E-state index in [1.165, 1.54) is 32.1 Å². The molecule has 4 aromatic rings. The monoisotopic (exact) mass is 400 g/mol. The van der Waals surface area contributed by atoms with E-state index in [0.29, 0.717) is 19.3 Å². The lowest BCUT2D eigenvalue weighted by Gasteiger charge is -2.21. The van der Waals surface area contributed by atoms with Crippen LogP contribution in [-0.2, 0) is 6.54 Å². The van der Waals surface area contributed by atoms with Crippen molar-refractivity contribution in [3.8, 4) is 11.5 Å². The largest absolute Gasteiger partial charge is 0.454 e. The Morgan fingerprint density at radius 1 is 0.967 bits per heavy atom. The van der Waals surface area contributed by atoms with Gasteiger partial charge in [-0.15, -0.1) is 0 Å². The van der Waals surface area contributed by atoms with E-state index in [9.17, 15) is 0 Å². The molecule has 3 heterocycles. The molecule has 0 bridgehead atoms. The fourth-order valence-corrected chi connectivity index (χ4v) is 4.67. The SMILES string of the molecule is c1ccc2c(c1)[nH]c1nc(C3CCCCC3)nc(NCc3ccc4c(c3)OCO4)c12. The molecule has 6 nitrogen and oxygen atoms in total. The summed E-state index contributed by atoms with van der Waals surface area (Å²) in [5.74, 6) is 3.91. The van der Waals surface area contributed by atoms with Gasteiger partial charge in [0.05, 0.1) is 5.39 Å². The van der Waals surface area contributed by atoms with Crippen LogP contribution in [0.4, 0.5) is 5.82 Å². The van der Waals surface area contributed by atoms with E-state index >= 15 is 0 Å². The van der Waals surface area contributed by atoms with Crippen LogP contribution >= 0.6 is 0 Å². The summed E-state index contributed by atoms with van der Waals surface area (Å²) < 4.78 is 11.0. The number of hydrogen-bond acceptors (Lipinski definition) is 5. The molecule has 0 spiro atoms. The zero-order chi connectivity index (χ0) is 19.9. The summed E-state index contributed by atoms with van der Waals surface area (Å²) in [6.07, 6.45) is 6.19. The number of nitrogens with zero attached hydrogens (tertiary/aromatic N) is 2. The van der Waals surface area contributed by atoms with E-state index in [4.69, 9.17) is 19.4 Å². The van der Waals surface area contributed by atoms with Crippen molar-refractivity contribution >= 4 is 27.8 Å². The average molecular weight is 400 g/mol. The fraction of sp³-hybridized carbons (Fsp3) is 0.333. The topological polar surface area (TPSA) is 72.1 Å². The zero-order valence-corrected chi connectivity index (χ0v) is 16.8. The van der Waals surface area contributed by atoms with Crippen LogP contribution in [-0.4, -0.2) is 21.7 Å². The van der Waals surface area contributed by atoms with E-state index in [1.54, 1.807) is 0 Å². The van der Waals surface area contributed by atoms with Gasteiger partial charge < -0.3 is 19.8 Å². The summed E-state index contributed by atoms with van der Waals surface area (Å²) in [4.78, 5) is 13.5. The lowest BCUT2D eigenvalue weighted by molar-refractivity contribution is 0.174. The molecule has 0 atom stereocenters. The predicted octanol–water partition coefficient (Wildman–Crippen LogP) is 5.50. The molecule has 1 aliphatic carbocycles. The lowest BCUT2D eigenvalue weighted by Crippen LogP contribution is -2.11. The highest BCUT2D eigenvalue weighted by Gasteiger charge is 2.22. The minimum Gasteiger partial charge on any atom is -0.454 e. The summed E-state index contributed by atoms with van der Waals surface area (Å²) >= 11 is 0. The number of aromatic nitrogens is 3. The first kappa shape index (κ1) is 17.6. The third-order valence-corrected chi connectivity index (χ3v) is 6.24. The van der Waals surface area contributed by atoms with Gasteiger partial charge in [-0.25, -0.2) is 9.97 Å². The third kappa shape index (κ3) is 3.03. The smallest absolute Gasteiger partial charge is 0.231 e. The van der Waals surface area contributed by atoms with Crippen LogP contribution in [0.25, 0.3) is 21.9 Å². The number of anilines is 1. The number of fused-ring (bicyclic) bond motifs is 4. The zero-order valence-electron chi connectivity index (χ0n) is 16.8. The summed E-state index contributed by atoms with van der Waals surface area (Å²) in [6.45, 7) is 0.950. The first-order chi connectivity index (χ1) is 14.8. The van der Waals surface area contributed by atoms with Crippen molar-refractivity contribution in [1.82, 2.24) is 15.0 Å². The number of nitrogens with one attached hydrogen (secondary N) is 2. The molecule has 6 rings (SSSR count). The summed E-state index contributed by atoms with van der Waals surface area (Å²) in [6, 6.07) is 14.4. The molecule has 0 unspecified atom stereocenters. The Bertz CT molecular complexity index is 1230. The van der Waals surface area contributed by atoms with Gasteiger partial charge in [0, 0.05) is 23.4 Å². The molecular weight excluding hydrogens is 376 g/mol. The van der Waals surface area contributed by atoms with Crippen LogP contribution in [0, 0.1) is 0 Å². The van der Waals surface area contributed by atoms with Crippen LogP contribution in [0.5, 0.6) is 11.5 Å². The molecule has 1 fully saturated rings. The maximum absolute atomic E-state index is 5.52. The van der Waals surface area contributed by atoms with E-state index in [-0.39, 0.29) is 0 Å². The molecule has 1 aliphatic heterocycles. The number of para-hydroxylation sites is 1. The van der Waals surface area contributed by atoms with E-state index in [1.807, 2.05) is 18.2 Å². The highest BCUT2D eigenvalue weighted by molar-refractivity contribution is 6.11. The lowest BCUT2D eigenvalue weighted by atomic mass is 9.88. The molecule has 1 saturated carbocycles. The van der Waals surface area contributed by atoms with Crippen molar-refractivity contribution in [3.63, 3.8) is 0 Å². The van der Waals surface area contributed by atoms with Crippen molar-refractivity contribution in [1.29, 1.82) is 0 Å². The molecule has 2 aromatic carbocycles. The quantitative estimate of drug-likeness (QED) is 0.473. The summed E-state index contributed by atoms with van der Waals surface area (Å²) in [5.41, 5.74) is 3.14. The number of hydrogen-bond donors (Lipinski definition) is 2. The van der Waals surface area contributed by atoms with Crippen LogP contribution in [0.3, 0.4) is 0 Å². The first-order valence-electron chi connectivity index (χ1n) is 10.8. The Morgan fingerprint density at radius 2 is 1.83 bits per heavy atom. The second-order valence-corrected chi connectivity index (χ2v) is 8.20.